The summed E-state index contributed by atoms with van der Waals surface area (Å²) in [7, 11) is -4.37. The highest BCUT2D eigenvalue weighted by Crippen LogP contribution is 2.22. The second-order valence-corrected chi connectivity index (χ2v) is 5.50. The Bertz CT molecular complexity index is 775. The van der Waals surface area contributed by atoms with E-state index in [1.54, 1.807) is 6.07 Å². The average Bonchev–Trinajstić information content (AvgIpc) is 2.37. The van der Waals surface area contributed by atoms with E-state index in [0.29, 0.717) is 5.56 Å². The van der Waals surface area contributed by atoms with Gasteiger partial charge >= 0.3 is 0 Å². The molecule has 0 aliphatic heterocycles. The van der Waals surface area contributed by atoms with Crippen LogP contribution in [0.5, 0.6) is 0 Å². The Kier molecular flexibility index (Phi) is 3.72. The Hall–Kier alpha value is -2.39. The molecule has 3 nitrogen and oxygen atoms in total. The van der Waals surface area contributed by atoms with Gasteiger partial charge in [0, 0.05) is 5.56 Å². The van der Waals surface area contributed by atoms with Crippen LogP contribution in [0.3, 0.4) is 0 Å². The topological polar surface area (TPSA) is 46.2 Å². The van der Waals surface area contributed by atoms with Crippen LogP contribution in [-0.4, -0.2) is 8.42 Å². The van der Waals surface area contributed by atoms with Gasteiger partial charge in [0.1, 0.15) is 11.6 Å². The highest BCUT2D eigenvalue weighted by molar-refractivity contribution is 7.92. The maximum atomic E-state index is 13.5. The number of halogens is 2. The average molecular weight is 293 g/mol. The third-order valence-corrected chi connectivity index (χ3v) is 3.90. The van der Waals surface area contributed by atoms with Crippen LogP contribution in [0.2, 0.25) is 0 Å². The molecular weight excluding hydrogens is 284 g/mol. The van der Waals surface area contributed by atoms with Gasteiger partial charge in [0.05, 0.1) is 5.69 Å². The predicted octanol–water partition coefficient (Wildman–Crippen LogP) is 2.75. The number of benzene rings is 2. The Morgan fingerprint density at radius 1 is 1.05 bits per heavy atom. The molecule has 0 amide bonds. The van der Waals surface area contributed by atoms with E-state index in [0.717, 1.165) is 18.2 Å². The summed E-state index contributed by atoms with van der Waals surface area (Å²) in [5, 5.41) is 0. The van der Waals surface area contributed by atoms with Gasteiger partial charge in [-0.2, -0.15) is 0 Å². The van der Waals surface area contributed by atoms with E-state index in [1.807, 2.05) is 0 Å². The predicted molar refractivity (Wildman–Crippen MR) is 71.5 cm³/mol. The number of hydrogen-bond acceptors (Lipinski definition) is 2. The fourth-order valence-corrected chi connectivity index (χ4v) is 2.81. The van der Waals surface area contributed by atoms with Crippen molar-refractivity contribution in [2.45, 2.75) is 4.90 Å². The zero-order valence-corrected chi connectivity index (χ0v) is 10.9. The Morgan fingerprint density at radius 2 is 1.65 bits per heavy atom. The number of nitrogens with one attached hydrogen (secondary N) is 1. The largest absolute Gasteiger partial charge is 0.279 e. The van der Waals surface area contributed by atoms with Crippen molar-refractivity contribution in [3.05, 3.63) is 59.7 Å². The monoisotopic (exact) mass is 293 g/mol. The minimum absolute atomic E-state index is 0.128. The molecular formula is C14H9F2NO2S. The van der Waals surface area contributed by atoms with Gasteiger partial charge in [0.15, 0.2) is 4.90 Å². The van der Waals surface area contributed by atoms with Gasteiger partial charge in [0.2, 0.25) is 0 Å². The standard InChI is InChI=1S/C14H9F2NO2S/c1-2-10-5-3-6-11(9-10)17-20(18,19)14-12(15)7-4-8-13(14)16/h1,3-9,17H. The van der Waals surface area contributed by atoms with Crippen LogP contribution in [-0.2, 0) is 10.0 Å². The molecule has 0 bridgehead atoms. The molecule has 6 heteroatoms. The number of anilines is 1. The second-order valence-electron chi connectivity index (χ2n) is 3.88. The summed E-state index contributed by atoms with van der Waals surface area (Å²) in [6, 6.07) is 8.77. The lowest BCUT2D eigenvalue weighted by Crippen LogP contribution is -2.16. The molecule has 2 rings (SSSR count). The normalized spacial score (nSPS) is 10.8. The van der Waals surface area contributed by atoms with Crippen molar-refractivity contribution in [3.63, 3.8) is 0 Å². The van der Waals surface area contributed by atoms with Crippen LogP contribution in [0, 0.1) is 24.0 Å². The first-order valence-corrected chi connectivity index (χ1v) is 6.96. The number of rotatable bonds is 3. The van der Waals surface area contributed by atoms with E-state index >= 15 is 0 Å². The van der Waals surface area contributed by atoms with Crippen molar-refractivity contribution in [3.8, 4) is 12.3 Å². The summed E-state index contributed by atoms with van der Waals surface area (Å²) in [6.45, 7) is 0. The zero-order chi connectivity index (χ0) is 14.8. The molecule has 0 aliphatic carbocycles. The first-order valence-electron chi connectivity index (χ1n) is 5.47. The van der Waals surface area contributed by atoms with Gasteiger partial charge in [-0.25, -0.2) is 17.2 Å². The third-order valence-electron chi connectivity index (χ3n) is 2.47. The SMILES string of the molecule is C#Cc1cccc(NS(=O)(=O)c2c(F)cccc2F)c1. The molecule has 0 heterocycles. The lowest BCUT2D eigenvalue weighted by Gasteiger charge is -2.09. The molecule has 0 fully saturated rings. The molecule has 102 valence electrons. The summed E-state index contributed by atoms with van der Waals surface area (Å²) < 4.78 is 53.1. The van der Waals surface area contributed by atoms with Crippen LogP contribution in [0.15, 0.2) is 47.4 Å². The highest BCUT2D eigenvalue weighted by atomic mass is 32.2. The Labute approximate surface area is 115 Å². The zero-order valence-electron chi connectivity index (χ0n) is 10.1. The van der Waals surface area contributed by atoms with Crippen molar-refractivity contribution in [2.75, 3.05) is 4.72 Å². The third kappa shape index (κ3) is 2.78. The van der Waals surface area contributed by atoms with Crippen molar-refractivity contribution in [2.24, 2.45) is 0 Å². The van der Waals surface area contributed by atoms with Crippen molar-refractivity contribution in [1.29, 1.82) is 0 Å². The molecule has 0 unspecified atom stereocenters. The van der Waals surface area contributed by atoms with Crippen LogP contribution in [0.1, 0.15) is 5.56 Å². The molecule has 20 heavy (non-hydrogen) atoms. The molecule has 1 N–H and O–H groups in total. The molecule has 0 radical (unpaired) electrons. The quantitative estimate of drug-likeness (QED) is 0.885. The fraction of sp³-hybridized carbons (Fsp3) is 0. The summed E-state index contributed by atoms with van der Waals surface area (Å²) in [5.41, 5.74) is 0.572. The van der Waals surface area contributed by atoms with Crippen molar-refractivity contribution < 1.29 is 17.2 Å². The first-order chi connectivity index (χ1) is 9.44. The van der Waals surface area contributed by atoms with Gasteiger partial charge in [-0.3, -0.25) is 4.72 Å². The maximum Gasteiger partial charge on any atom is 0.267 e. The first kappa shape index (κ1) is 14.0. The van der Waals surface area contributed by atoms with E-state index in [1.165, 1.54) is 18.2 Å². The summed E-state index contributed by atoms with van der Waals surface area (Å²) in [5.74, 6) is 0.00972. The fourth-order valence-electron chi connectivity index (χ4n) is 1.62. The summed E-state index contributed by atoms with van der Waals surface area (Å²) in [4.78, 5) is -1.02. The molecule has 2 aromatic rings. The van der Waals surface area contributed by atoms with Gasteiger partial charge in [-0.15, -0.1) is 6.42 Å². The number of hydrogen-bond donors (Lipinski definition) is 1. The molecule has 0 saturated carbocycles. The minimum atomic E-state index is -4.37. The van der Waals surface area contributed by atoms with Gasteiger partial charge < -0.3 is 0 Å². The van der Waals surface area contributed by atoms with E-state index < -0.39 is 26.6 Å². The second kappa shape index (κ2) is 5.31. The summed E-state index contributed by atoms with van der Waals surface area (Å²) >= 11 is 0. The van der Waals surface area contributed by atoms with Gasteiger partial charge in [0.25, 0.3) is 10.0 Å². The van der Waals surface area contributed by atoms with Crippen LogP contribution in [0.25, 0.3) is 0 Å². The smallest absolute Gasteiger partial charge is 0.267 e. The molecule has 0 saturated heterocycles. The van der Waals surface area contributed by atoms with Crippen LogP contribution >= 0.6 is 0 Å². The molecule has 0 aromatic heterocycles. The minimum Gasteiger partial charge on any atom is -0.279 e. The Balaban J connectivity index is 2.44. The van der Waals surface area contributed by atoms with Crippen LogP contribution < -0.4 is 4.72 Å². The molecule has 0 spiro atoms. The highest BCUT2D eigenvalue weighted by Gasteiger charge is 2.23. The molecule has 0 aliphatic rings. The lowest BCUT2D eigenvalue weighted by atomic mass is 10.2. The number of sulfonamides is 1. The number of terminal acetylenes is 1. The van der Waals surface area contributed by atoms with Crippen molar-refractivity contribution in [1.82, 2.24) is 0 Å². The Morgan fingerprint density at radius 3 is 2.25 bits per heavy atom. The van der Waals surface area contributed by atoms with E-state index in [-0.39, 0.29) is 5.69 Å². The van der Waals surface area contributed by atoms with E-state index in [2.05, 4.69) is 10.6 Å². The van der Waals surface area contributed by atoms with Gasteiger partial charge in [-0.05, 0) is 30.3 Å². The summed E-state index contributed by atoms with van der Waals surface area (Å²) in [6.07, 6.45) is 5.19. The maximum absolute atomic E-state index is 13.5. The van der Waals surface area contributed by atoms with E-state index in [9.17, 15) is 17.2 Å². The lowest BCUT2D eigenvalue weighted by molar-refractivity contribution is 0.521. The van der Waals surface area contributed by atoms with Crippen molar-refractivity contribution >= 4 is 15.7 Å². The molecule has 0 atom stereocenters. The molecule has 2 aromatic carbocycles. The van der Waals surface area contributed by atoms with E-state index in [4.69, 9.17) is 6.42 Å². The van der Waals surface area contributed by atoms with Gasteiger partial charge in [-0.1, -0.05) is 18.1 Å². The van der Waals surface area contributed by atoms with Crippen LogP contribution in [0.4, 0.5) is 14.5 Å².